The third-order valence-corrected chi connectivity index (χ3v) is 3.59. The Morgan fingerprint density at radius 2 is 2.15 bits per heavy atom. The average molecular weight is 279 g/mol. The van der Waals surface area contributed by atoms with Crippen molar-refractivity contribution < 1.29 is 14.6 Å². The Morgan fingerprint density at radius 1 is 1.35 bits per heavy atom. The molecule has 0 saturated heterocycles. The number of aliphatic hydroxyl groups excluding tert-OH is 1. The molecule has 4 nitrogen and oxygen atoms in total. The molecule has 0 aliphatic carbocycles. The molecule has 1 aromatic carbocycles. The van der Waals surface area contributed by atoms with Crippen molar-refractivity contribution in [3.8, 4) is 5.75 Å². The van der Waals surface area contributed by atoms with Gasteiger partial charge in [-0.05, 0) is 19.4 Å². The van der Waals surface area contributed by atoms with Gasteiger partial charge in [0.15, 0.2) is 0 Å². The van der Waals surface area contributed by atoms with Crippen molar-refractivity contribution in [2.75, 3.05) is 33.4 Å². The number of aliphatic hydroxyl groups is 1. The average Bonchev–Trinajstić information content (AvgIpc) is 2.71. The molecular weight excluding hydrogens is 254 g/mol. The normalized spacial score (nSPS) is 16.2. The topological polar surface area (TPSA) is 41.9 Å². The summed E-state index contributed by atoms with van der Waals surface area (Å²) in [6.45, 7) is 7.30. The Kier molecular flexibility index (Phi) is 5.02. The molecule has 1 aliphatic heterocycles. The Labute approximate surface area is 121 Å². The molecule has 1 aromatic rings. The van der Waals surface area contributed by atoms with Crippen molar-refractivity contribution in [3.63, 3.8) is 0 Å². The van der Waals surface area contributed by atoms with E-state index in [1.807, 2.05) is 0 Å². The van der Waals surface area contributed by atoms with Gasteiger partial charge in [-0.3, -0.25) is 4.90 Å². The van der Waals surface area contributed by atoms with Gasteiger partial charge in [0.25, 0.3) is 0 Å². The Bertz CT molecular complexity index is 445. The van der Waals surface area contributed by atoms with Gasteiger partial charge in [-0.15, -0.1) is 0 Å². The summed E-state index contributed by atoms with van der Waals surface area (Å²) in [5, 5.41) is 9.18. The maximum atomic E-state index is 9.18. The highest BCUT2D eigenvalue weighted by Gasteiger charge is 2.31. The molecule has 1 aliphatic rings. The number of para-hydroxylation sites is 1. The molecule has 0 amide bonds. The fraction of sp³-hybridized carbons (Fsp3) is 0.625. The van der Waals surface area contributed by atoms with Crippen molar-refractivity contribution in [3.05, 3.63) is 29.3 Å². The number of hydrogen-bond acceptors (Lipinski definition) is 4. The van der Waals surface area contributed by atoms with Crippen LogP contribution in [0, 0.1) is 0 Å². The lowest BCUT2D eigenvalue weighted by Crippen LogP contribution is -2.30. The predicted octanol–water partition coefficient (Wildman–Crippen LogP) is 1.84. The Hall–Kier alpha value is -1.10. The zero-order chi connectivity index (χ0) is 14.6. The summed E-state index contributed by atoms with van der Waals surface area (Å²) in [5.41, 5.74) is 2.35. The van der Waals surface area contributed by atoms with E-state index in [0.29, 0.717) is 13.2 Å². The summed E-state index contributed by atoms with van der Waals surface area (Å²) < 4.78 is 11.2. The molecule has 4 heteroatoms. The van der Waals surface area contributed by atoms with Crippen LogP contribution in [0.25, 0.3) is 0 Å². The molecule has 0 fully saturated rings. The fourth-order valence-corrected chi connectivity index (χ4v) is 2.68. The van der Waals surface area contributed by atoms with Crippen molar-refractivity contribution in [2.45, 2.75) is 32.4 Å². The van der Waals surface area contributed by atoms with Gasteiger partial charge in [0.2, 0.25) is 0 Å². The van der Waals surface area contributed by atoms with Crippen LogP contribution in [0.2, 0.25) is 0 Å². The third-order valence-electron chi connectivity index (χ3n) is 3.59. The van der Waals surface area contributed by atoms with Gasteiger partial charge in [-0.25, -0.2) is 0 Å². The second kappa shape index (κ2) is 6.57. The molecule has 0 unspecified atom stereocenters. The van der Waals surface area contributed by atoms with E-state index in [0.717, 1.165) is 25.3 Å². The van der Waals surface area contributed by atoms with E-state index in [9.17, 15) is 5.11 Å². The van der Waals surface area contributed by atoms with Crippen LogP contribution < -0.4 is 4.74 Å². The van der Waals surface area contributed by atoms with E-state index in [-0.39, 0.29) is 12.2 Å². The lowest BCUT2D eigenvalue weighted by molar-refractivity contribution is 0.119. The summed E-state index contributed by atoms with van der Waals surface area (Å²) in [4.78, 5) is 2.19. The number of nitrogens with zero attached hydrogens (tertiary/aromatic N) is 1. The highest BCUT2D eigenvalue weighted by Crippen LogP contribution is 2.37. The van der Waals surface area contributed by atoms with Gasteiger partial charge in [0, 0.05) is 38.7 Å². The zero-order valence-corrected chi connectivity index (χ0v) is 12.7. The molecule has 0 spiro atoms. The van der Waals surface area contributed by atoms with Crippen LogP contribution in [0.15, 0.2) is 18.2 Å². The van der Waals surface area contributed by atoms with Gasteiger partial charge in [0.05, 0.1) is 13.2 Å². The van der Waals surface area contributed by atoms with Crippen molar-refractivity contribution in [2.24, 2.45) is 0 Å². The summed E-state index contributed by atoms with van der Waals surface area (Å²) in [6, 6.07) is 6.34. The SMILES string of the molecule is COCCN(CCO)Cc1cccc2c1OC(C)(C)C2. The molecule has 0 saturated carbocycles. The van der Waals surface area contributed by atoms with Gasteiger partial charge in [0.1, 0.15) is 11.4 Å². The minimum Gasteiger partial charge on any atom is -0.487 e. The van der Waals surface area contributed by atoms with E-state index in [4.69, 9.17) is 9.47 Å². The largest absolute Gasteiger partial charge is 0.487 e. The summed E-state index contributed by atoms with van der Waals surface area (Å²) in [5.74, 6) is 1.03. The molecule has 2 rings (SSSR count). The first kappa shape index (κ1) is 15.3. The second-order valence-electron chi connectivity index (χ2n) is 5.94. The lowest BCUT2D eigenvalue weighted by Gasteiger charge is -2.23. The number of hydrogen-bond donors (Lipinski definition) is 1. The van der Waals surface area contributed by atoms with Crippen LogP contribution in [-0.4, -0.2) is 49.0 Å². The van der Waals surface area contributed by atoms with Crippen molar-refractivity contribution in [1.29, 1.82) is 0 Å². The van der Waals surface area contributed by atoms with Gasteiger partial charge >= 0.3 is 0 Å². The molecule has 1 heterocycles. The Balaban J connectivity index is 2.11. The fourth-order valence-electron chi connectivity index (χ4n) is 2.68. The summed E-state index contributed by atoms with van der Waals surface area (Å²) >= 11 is 0. The van der Waals surface area contributed by atoms with Gasteiger partial charge in [-0.2, -0.15) is 0 Å². The van der Waals surface area contributed by atoms with Crippen molar-refractivity contribution in [1.82, 2.24) is 4.90 Å². The molecule has 1 N–H and O–H groups in total. The standard InChI is InChI=1S/C16H25NO3/c1-16(2)11-13-5-4-6-14(15(13)20-16)12-17(7-9-18)8-10-19-3/h4-6,18H,7-12H2,1-3H3. The first-order chi connectivity index (χ1) is 9.55. The molecule has 20 heavy (non-hydrogen) atoms. The van der Waals surface area contributed by atoms with Crippen LogP contribution in [0.4, 0.5) is 0 Å². The second-order valence-corrected chi connectivity index (χ2v) is 5.94. The lowest BCUT2D eigenvalue weighted by atomic mass is 10.0. The molecular formula is C16H25NO3. The van der Waals surface area contributed by atoms with E-state index in [2.05, 4.69) is 36.9 Å². The van der Waals surface area contributed by atoms with Crippen molar-refractivity contribution >= 4 is 0 Å². The molecule has 0 atom stereocenters. The predicted molar refractivity (Wildman–Crippen MR) is 79.1 cm³/mol. The summed E-state index contributed by atoms with van der Waals surface area (Å²) in [7, 11) is 1.70. The summed E-state index contributed by atoms with van der Waals surface area (Å²) in [6.07, 6.45) is 0.953. The van der Waals surface area contributed by atoms with Crippen LogP contribution in [0.1, 0.15) is 25.0 Å². The first-order valence-corrected chi connectivity index (χ1v) is 7.17. The van der Waals surface area contributed by atoms with Crippen LogP contribution >= 0.6 is 0 Å². The maximum Gasteiger partial charge on any atom is 0.127 e. The van der Waals surface area contributed by atoms with E-state index >= 15 is 0 Å². The Morgan fingerprint density at radius 3 is 2.85 bits per heavy atom. The highest BCUT2D eigenvalue weighted by atomic mass is 16.5. The monoisotopic (exact) mass is 279 g/mol. The zero-order valence-electron chi connectivity index (χ0n) is 12.7. The number of methoxy groups -OCH3 is 1. The highest BCUT2D eigenvalue weighted by molar-refractivity contribution is 5.45. The third kappa shape index (κ3) is 3.72. The van der Waals surface area contributed by atoms with Gasteiger partial charge in [-0.1, -0.05) is 18.2 Å². The van der Waals surface area contributed by atoms with Crippen LogP contribution in [0.3, 0.4) is 0 Å². The van der Waals surface area contributed by atoms with Gasteiger partial charge < -0.3 is 14.6 Å². The smallest absolute Gasteiger partial charge is 0.127 e. The minimum absolute atomic E-state index is 0.118. The maximum absolute atomic E-state index is 9.18. The molecule has 0 bridgehead atoms. The minimum atomic E-state index is -0.118. The number of fused-ring (bicyclic) bond motifs is 1. The number of rotatable bonds is 7. The van der Waals surface area contributed by atoms with E-state index in [1.54, 1.807) is 7.11 Å². The van der Waals surface area contributed by atoms with Crippen LogP contribution in [-0.2, 0) is 17.7 Å². The number of benzene rings is 1. The molecule has 0 radical (unpaired) electrons. The van der Waals surface area contributed by atoms with Crippen LogP contribution in [0.5, 0.6) is 5.75 Å². The first-order valence-electron chi connectivity index (χ1n) is 7.17. The van der Waals surface area contributed by atoms with E-state index < -0.39 is 0 Å². The molecule has 112 valence electrons. The van der Waals surface area contributed by atoms with E-state index in [1.165, 1.54) is 11.1 Å². The quantitative estimate of drug-likeness (QED) is 0.827. The number of ether oxygens (including phenoxy) is 2. The molecule has 0 aromatic heterocycles.